The number of carbonyl (C=O) groups is 1. The van der Waals surface area contributed by atoms with Crippen LogP contribution in [0.25, 0.3) is 0 Å². The highest BCUT2D eigenvalue weighted by molar-refractivity contribution is 7.89. The van der Waals surface area contributed by atoms with Gasteiger partial charge in [-0.2, -0.15) is 4.31 Å². The monoisotopic (exact) mass is 378 g/mol. The van der Waals surface area contributed by atoms with Crippen molar-refractivity contribution in [3.8, 4) is 0 Å². The zero-order valence-corrected chi connectivity index (χ0v) is 16.0. The maximum Gasteiger partial charge on any atom is 0.267 e. The van der Waals surface area contributed by atoms with Gasteiger partial charge in [0.25, 0.3) is 5.91 Å². The van der Waals surface area contributed by atoms with E-state index >= 15 is 0 Å². The summed E-state index contributed by atoms with van der Waals surface area (Å²) in [5.41, 5.74) is 0.351. The first-order valence-corrected chi connectivity index (χ1v) is 9.42. The van der Waals surface area contributed by atoms with Gasteiger partial charge in [0.15, 0.2) is 0 Å². The zero-order valence-electron chi connectivity index (χ0n) is 14.4. The third kappa shape index (κ3) is 4.72. The molecule has 138 valence electrons. The Morgan fingerprint density at radius 2 is 1.92 bits per heavy atom. The molecule has 9 heteroatoms. The molecule has 0 saturated carbocycles. The van der Waals surface area contributed by atoms with Crippen molar-refractivity contribution in [2.75, 3.05) is 26.7 Å². The molecule has 0 aliphatic carbocycles. The summed E-state index contributed by atoms with van der Waals surface area (Å²) in [6.07, 6.45) is 4.36. The maximum absolute atomic E-state index is 12.7. The molecule has 0 radical (unpaired) electrons. The average molecular weight is 379 g/mol. The standard InChI is InChI=1S/C15H26N4O3S.ClH/c1-12(16-2)10-17-15(20)14-9-13(11-18(14)3)23(21,22)19-7-5-4-6-8-19;/h9,11-12,16H,4-8,10H2,1-3H3,(H,17,20);1H. The number of carbonyl (C=O) groups excluding carboxylic acids is 1. The Labute approximate surface area is 150 Å². The van der Waals surface area contributed by atoms with Crippen molar-refractivity contribution in [2.24, 2.45) is 7.05 Å². The van der Waals surface area contributed by atoms with Gasteiger partial charge in [0, 0.05) is 38.9 Å². The minimum atomic E-state index is -3.51. The fourth-order valence-corrected chi connectivity index (χ4v) is 4.18. The predicted octanol–water partition coefficient (Wildman–Crippen LogP) is 0.959. The molecule has 1 aliphatic heterocycles. The SMILES string of the molecule is CNC(C)CNC(=O)c1cc(S(=O)(=O)N2CCCCC2)cn1C.Cl. The fourth-order valence-electron chi connectivity index (χ4n) is 2.59. The van der Waals surface area contributed by atoms with E-state index in [9.17, 15) is 13.2 Å². The molecule has 1 fully saturated rings. The van der Waals surface area contributed by atoms with Gasteiger partial charge < -0.3 is 15.2 Å². The van der Waals surface area contributed by atoms with E-state index in [1.165, 1.54) is 16.6 Å². The summed E-state index contributed by atoms with van der Waals surface area (Å²) < 4.78 is 28.4. The average Bonchev–Trinajstić information content (AvgIpc) is 2.95. The van der Waals surface area contributed by atoms with Gasteiger partial charge in [-0.1, -0.05) is 6.42 Å². The Bertz CT molecular complexity index is 654. The van der Waals surface area contributed by atoms with Gasteiger partial charge in [-0.25, -0.2) is 8.42 Å². The summed E-state index contributed by atoms with van der Waals surface area (Å²) in [7, 11) is -0.00479. The van der Waals surface area contributed by atoms with E-state index in [4.69, 9.17) is 0 Å². The molecule has 2 heterocycles. The molecule has 24 heavy (non-hydrogen) atoms. The second-order valence-corrected chi connectivity index (χ2v) is 7.97. The molecule has 1 saturated heterocycles. The second kappa shape index (κ2) is 8.84. The van der Waals surface area contributed by atoms with Crippen LogP contribution in [0.15, 0.2) is 17.2 Å². The molecule has 1 amide bonds. The summed E-state index contributed by atoms with van der Waals surface area (Å²) in [5, 5.41) is 5.84. The molecule has 0 aromatic carbocycles. The van der Waals surface area contributed by atoms with Crippen LogP contribution in [0.3, 0.4) is 0 Å². The number of rotatable bonds is 6. The quantitative estimate of drug-likeness (QED) is 0.772. The lowest BCUT2D eigenvalue weighted by Crippen LogP contribution is -2.37. The van der Waals surface area contributed by atoms with Crippen molar-refractivity contribution in [1.29, 1.82) is 0 Å². The number of halogens is 1. The van der Waals surface area contributed by atoms with Crippen LogP contribution in [0.4, 0.5) is 0 Å². The third-order valence-corrected chi connectivity index (χ3v) is 6.09. The van der Waals surface area contributed by atoms with Crippen LogP contribution in [-0.4, -0.2) is 55.9 Å². The van der Waals surface area contributed by atoms with E-state index in [0.717, 1.165) is 19.3 Å². The van der Waals surface area contributed by atoms with Crippen LogP contribution in [0.5, 0.6) is 0 Å². The molecular formula is C15H27ClN4O3S. The van der Waals surface area contributed by atoms with Crippen molar-refractivity contribution in [3.05, 3.63) is 18.0 Å². The maximum atomic E-state index is 12.7. The Balaban J connectivity index is 0.00000288. The Kier molecular flexibility index (Phi) is 7.72. The normalized spacial score (nSPS) is 17.1. The predicted molar refractivity (Wildman–Crippen MR) is 96.1 cm³/mol. The van der Waals surface area contributed by atoms with Gasteiger partial charge in [-0.15, -0.1) is 12.4 Å². The van der Waals surface area contributed by atoms with Gasteiger partial charge in [0.2, 0.25) is 10.0 Å². The van der Waals surface area contributed by atoms with Crippen molar-refractivity contribution in [1.82, 2.24) is 19.5 Å². The number of aromatic nitrogens is 1. The highest BCUT2D eigenvalue weighted by Crippen LogP contribution is 2.22. The highest BCUT2D eigenvalue weighted by Gasteiger charge is 2.28. The number of likely N-dealkylation sites (N-methyl/N-ethyl adjacent to an activating group) is 1. The van der Waals surface area contributed by atoms with Crippen molar-refractivity contribution >= 4 is 28.3 Å². The Morgan fingerprint density at radius 1 is 1.29 bits per heavy atom. The molecule has 1 aliphatic rings. The zero-order chi connectivity index (χ0) is 17.0. The van der Waals surface area contributed by atoms with Crippen LogP contribution in [-0.2, 0) is 17.1 Å². The van der Waals surface area contributed by atoms with E-state index < -0.39 is 10.0 Å². The lowest BCUT2D eigenvalue weighted by Gasteiger charge is -2.25. The lowest BCUT2D eigenvalue weighted by atomic mass is 10.2. The molecule has 1 unspecified atom stereocenters. The van der Waals surface area contributed by atoms with E-state index in [-0.39, 0.29) is 29.3 Å². The summed E-state index contributed by atoms with van der Waals surface area (Å²) in [4.78, 5) is 12.4. The van der Waals surface area contributed by atoms with Crippen LogP contribution >= 0.6 is 12.4 Å². The minimum Gasteiger partial charge on any atom is -0.349 e. The van der Waals surface area contributed by atoms with Gasteiger partial charge in [0.05, 0.1) is 0 Å². The smallest absolute Gasteiger partial charge is 0.267 e. The van der Waals surface area contributed by atoms with E-state index in [0.29, 0.717) is 25.3 Å². The molecule has 1 aromatic rings. The molecule has 1 atom stereocenters. The number of nitrogens with zero attached hydrogens (tertiary/aromatic N) is 2. The lowest BCUT2D eigenvalue weighted by molar-refractivity contribution is 0.0942. The number of hydrogen-bond acceptors (Lipinski definition) is 4. The van der Waals surface area contributed by atoms with Crippen LogP contribution in [0.1, 0.15) is 36.7 Å². The molecule has 7 nitrogen and oxygen atoms in total. The molecular weight excluding hydrogens is 352 g/mol. The van der Waals surface area contributed by atoms with Crippen molar-refractivity contribution in [2.45, 2.75) is 37.1 Å². The first kappa shape index (κ1) is 21.0. The van der Waals surface area contributed by atoms with Gasteiger partial charge >= 0.3 is 0 Å². The van der Waals surface area contributed by atoms with Crippen LogP contribution in [0.2, 0.25) is 0 Å². The number of sulfonamides is 1. The Morgan fingerprint density at radius 3 is 2.50 bits per heavy atom. The first-order valence-electron chi connectivity index (χ1n) is 7.98. The van der Waals surface area contributed by atoms with E-state index in [1.54, 1.807) is 11.6 Å². The summed E-state index contributed by atoms with van der Waals surface area (Å²) >= 11 is 0. The van der Waals surface area contributed by atoms with E-state index in [1.807, 2.05) is 14.0 Å². The highest BCUT2D eigenvalue weighted by atomic mass is 35.5. The van der Waals surface area contributed by atoms with Gasteiger partial charge in [-0.05, 0) is 32.9 Å². The summed E-state index contributed by atoms with van der Waals surface area (Å²) in [6.45, 7) is 3.54. The summed E-state index contributed by atoms with van der Waals surface area (Å²) in [6, 6.07) is 1.61. The van der Waals surface area contributed by atoms with Crippen molar-refractivity contribution < 1.29 is 13.2 Å². The molecule has 2 N–H and O–H groups in total. The number of amides is 1. The first-order chi connectivity index (χ1) is 10.9. The minimum absolute atomic E-state index is 0. The van der Waals surface area contributed by atoms with Crippen LogP contribution < -0.4 is 10.6 Å². The number of aryl methyl sites for hydroxylation is 1. The van der Waals surface area contributed by atoms with Crippen molar-refractivity contribution in [3.63, 3.8) is 0 Å². The topological polar surface area (TPSA) is 83.4 Å². The fraction of sp³-hybridized carbons (Fsp3) is 0.667. The summed E-state index contributed by atoms with van der Waals surface area (Å²) in [5.74, 6) is -0.269. The molecule has 0 bridgehead atoms. The number of nitrogens with one attached hydrogen (secondary N) is 2. The van der Waals surface area contributed by atoms with Gasteiger partial charge in [0.1, 0.15) is 10.6 Å². The Hall–Kier alpha value is -1.09. The second-order valence-electron chi connectivity index (χ2n) is 6.04. The van der Waals surface area contributed by atoms with Gasteiger partial charge in [-0.3, -0.25) is 4.79 Å². The number of piperidine rings is 1. The van der Waals surface area contributed by atoms with Crippen LogP contribution in [0, 0.1) is 0 Å². The molecule has 0 spiro atoms. The number of hydrogen-bond donors (Lipinski definition) is 2. The molecule has 1 aromatic heterocycles. The van der Waals surface area contributed by atoms with E-state index in [2.05, 4.69) is 10.6 Å². The largest absolute Gasteiger partial charge is 0.349 e. The third-order valence-electron chi connectivity index (χ3n) is 4.23. The molecule has 2 rings (SSSR count).